The van der Waals surface area contributed by atoms with Crippen molar-refractivity contribution in [3.05, 3.63) is 0 Å². The molecule has 1 atom stereocenters. The van der Waals surface area contributed by atoms with E-state index < -0.39 is 5.60 Å². The van der Waals surface area contributed by atoms with E-state index in [0.29, 0.717) is 0 Å². The molecule has 0 aromatic carbocycles. The zero-order valence-electron chi connectivity index (χ0n) is 15.0. The molecular formula is C19H31NO3. The molecule has 4 aliphatic carbocycles. The normalized spacial score (nSPS) is 36.6. The van der Waals surface area contributed by atoms with Crippen molar-refractivity contribution in [3.63, 3.8) is 0 Å². The molecule has 0 saturated heterocycles. The summed E-state index contributed by atoms with van der Waals surface area (Å²) in [4.78, 5) is 25.5. The summed E-state index contributed by atoms with van der Waals surface area (Å²) in [5, 5.41) is 0. The van der Waals surface area contributed by atoms with E-state index in [1.807, 2.05) is 20.8 Å². The molecule has 4 fully saturated rings. The first kappa shape index (κ1) is 16.8. The van der Waals surface area contributed by atoms with Crippen LogP contribution < -0.4 is 0 Å². The molecule has 23 heavy (non-hydrogen) atoms. The molecule has 4 nitrogen and oxygen atoms in total. The second-order valence-corrected chi connectivity index (χ2v) is 9.42. The molecule has 1 amide bonds. The van der Waals surface area contributed by atoms with E-state index >= 15 is 0 Å². The topological polar surface area (TPSA) is 46.6 Å². The lowest BCUT2D eigenvalue weighted by molar-refractivity contribution is -0.116. The summed E-state index contributed by atoms with van der Waals surface area (Å²) in [6, 6.07) is -0.360. The lowest BCUT2D eigenvalue weighted by atomic mass is 9.48. The van der Waals surface area contributed by atoms with Gasteiger partial charge in [0, 0.05) is 7.05 Å². The molecule has 4 aliphatic rings. The maximum Gasteiger partial charge on any atom is 0.410 e. The largest absolute Gasteiger partial charge is 0.444 e. The van der Waals surface area contributed by atoms with Crippen LogP contribution >= 0.6 is 0 Å². The SMILES string of the molecule is CN(C(=O)OC(C)(C)C)C(C=O)CC12CC3CC(CC(C3)C1)C2. The van der Waals surface area contributed by atoms with Gasteiger partial charge in [-0.25, -0.2) is 4.79 Å². The third-order valence-corrected chi connectivity index (χ3v) is 6.14. The standard InChI is InChI=1S/C19H31NO3/c1-18(2,3)23-17(22)20(4)16(12-21)11-19-8-13-5-14(9-19)7-15(6-13)10-19/h12-16H,5-11H2,1-4H3. The Morgan fingerprint density at radius 1 is 1.17 bits per heavy atom. The molecule has 4 saturated carbocycles. The van der Waals surface area contributed by atoms with Gasteiger partial charge >= 0.3 is 6.09 Å². The summed E-state index contributed by atoms with van der Waals surface area (Å²) in [5.41, 5.74) is -0.240. The summed E-state index contributed by atoms with van der Waals surface area (Å²) in [7, 11) is 1.70. The Morgan fingerprint density at radius 2 is 1.65 bits per heavy atom. The van der Waals surface area contributed by atoms with E-state index in [2.05, 4.69) is 0 Å². The Morgan fingerprint density at radius 3 is 2.04 bits per heavy atom. The fourth-order valence-corrected chi connectivity index (χ4v) is 5.73. The van der Waals surface area contributed by atoms with Crippen molar-refractivity contribution < 1.29 is 14.3 Å². The van der Waals surface area contributed by atoms with E-state index in [0.717, 1.165) is 30.5 Å². The predicted molar refractivity (Wildman–Crippen MR) is 89.1 cm³/mol. The molecule has 130 valence electrons. The molecule has 4 bridgehead atoms. The summed E-state index contributed by atoms with van der Waals surface area (Å²) < 4.78 is 5.43. The second-order valence-electron chi connectivity index (χ2n) is 9.42. The third kappa shape index (κ3) is 3.56. The maximum atomic E-state index is 12.3. The van der Waals surface area contributed by atoms with Crippen LogP contribution in [0, 0.1) is 23.2 Å². The quantitative estimate of drug-likeness (QED) is 0.735. The van der Waals surface area contributed by atoms with Crippen molar-refractivity contribution in [3.8, 4) is 0 Å². The van der Waals surface area contributed by atoms with Crippen molar-refractivity contribution in [2.75, 3.05) is 7.05 Å². The van der Waals surface area contributed by atoms with Gasteiger partial charge in [-0.3, -0.25) is 0 Å². The van der Waals surface area contributed by atoms with Crippen molar-refractivity contribution >= 4 is 12.4 Å². The first-order valence-corrected chi connectivity index (χ1v) is 9.11. The third-order valence-electron chi connectivity index (χ3n) is 6.14. The van der Waals surface area contributed by atoms with E-state index in [1.54, 1.807) is 7.05 Å². The molecule has 0 radical (unpaired) electrons. The zero-order valence-corrected chi connectivity index (χ0v) is 15.0. The monoisotopic (exact) mass is 321 g/mol. The minimum absolute atomic E-state index is 0.288. The summed E-state index contributed by atoms with van der Waals surface area (Å²) in [6.07, 6.45) is 9.33. The van der Waals surface area contributed by atoms with Gasteiger partial charge in [-0.05, 0) is 88.9 Å². The number of ether oxygens (including phenoxy) is 1. The lowest BCUT2D eigenvalue weighted by Crippen LogP contribution is -2.50. The van der Waals surface area contributed by atoms with Crippen LogP contribution in [0.2, 0.25) is 0 Å². The number of hydrogen-bond acceptors (Lipinski definition) is 3. The molecule has 0 aromatic rings. The Kier molecular flexibility index (Phi) is 4.22. The number of likely N-dealkylation sites (N-methyl/N-ethyl adjacent to an activating group) is 1. The summed E-state index contributed by atoms with van der Waals surface area (Å²) >= 11 is 0. The molecule has 0 aromatic heterocycles. The zero-order chi connectivity index (χ0) is 16.8. The molecule has 0 N–H and O–H groups in total. The predicted octanol–water partition coefficient (Wildman–Crippen LogP) is 4.03. The number of hydrogen-bond donors (Lipinski definition) is 0. The van der Waals surface area contributed by atoms with Gasteiger partial charge in [0.1, 0.15) is 11.9 Å². The van der Waals surface area contributed by atoms with Crippen LogP contribution in [0.25, 0.3) is 0 Å². The van der Waals surface area contributed by atoms with Gasteiger partial charge in [0.15, 0.2) is 0 Å². The van der Waals surface area contributed by atoms with Crippen molar-refractivity contribution in [2.45, 2.75) is 77.4 Å². The molecule has 0 spiro atoms. The number of nitrogens with zero attached hydrogens (tertiary/aromatic N) is 1. The average Bonchev–Trinajstić information content (AvgIpc) is 2.40. The van der Waals surface area contributed by atoms with Gasteiger partial charge < -0.3 is 14.4 Å². The van der Waals surface area contributed by atoms with E-state index in [4.69, 9.17) is 4.74 Å². The van der Waals surface area contributed by atoms with Gasteiger partial charge in [0.05, 0.1) is 6.04 Å². The fourth-order valence-electron chi connectivity index (χ4n) is 5.73. The Balaban J connectivity index is 1.67. The number of carbonyl (C=O) groups is 2. The van der Waals surface area contributed by atoms with Crippen molar-refractivity contribution in [1.29, 1.82) is 0 Å². The van der Waals surface area contributed by atoms with E-state index in [-0.39, 0.29) is 17.6 Å². The number of rotatable bonds is 4. The van der Waals surface area contributed by atoms with Crippen LogP contribution in [-0.2, 0) is 9.53 Å². The van der Waals surface area contributed by atoms with Crippen LogP contribution in [0.4, 0.5) is 4.79 Å². The first-order chi connectivity index (χ1) is 10.7. The highest BCUT2D eigenvalue weighted by atomic mass is 16.6. The molecule has 4 rings (SSSR count). The van der Waals surface area contributed by atoms with Crippen LogP contribution in [0.5, 0.6) is 0 Å². The molecular weight excluding hydrogens is 290 g/mol. The lowest BCUT2D eigenvalue weighted by Gasteiger charge is -2.57. The van der Waals surface area contributed by atoms with E-state index in [9.17, 15) is 9.59 Å². The molecule has 1 unspecified atom stereocenters. The van der Waals surface area contributed by atoms with Crippen LogP contribution in [0.15, 0.2) is 0 Å². The highest BCUT2D eigenvalue weighted by Gasteiger charge is 2.51. The molecule has 0 aliphatic heterocycles. The molecule has 0 heterocycles. The summed E-state index contributed by atoms with van der Waals surface area (Å²) in [5.74, 6) is 2.58. The number of carbonyl (C=O) groups excluding carboxylic acids is 2. The smallest absolute Gasteiger partial charge is 0.410 e. The summed E-state index contributed by atoms with van der Waals surface area (Å²) in [6.45, 7) is 5.56. The van der Waals surface area contributed by atoms with Crippen LogP contribution in [0.1, 0.15) is 65.7 Å². The highest BCUT2D eigenvalue weighted by Crippen LogP contribution is 2.61. The van der Waals surface area contributed by atoms with Gasteiger partial charge in [-0.15, -0.1) is 0 Å². The van der Waals surface area contributed by atoms with Gasteiger partial charge in [0.25, 0.3) is 0 Å². The molecule has 4 heteroatoms. The number of aldehydes is 1. The fraction of sp³-hybridized carbons (Fsp3) is 0.895. The van der Waals surface area contributed by atoms with Gasteiger partial charge in [-0.1, -0.05) is 0 Å². The minimum Gasteiger partial charge on any atom is -0.444 e. The Hall–Kier alpha value is -1.06. The van der Waals surface area contributed by atoms with E-state index in [1.165, 1.54) is 43.4 Å². The first-order valence-electron chi connectivity index (χ1n) is 9.11. The van der Waals surface area contributed by atoms with Crippen molar-refractivity contribution in [1.82, 2.24) is 4.90 Å². The van der Waals surface area contributed by atoms with Gasteiger partial charge in [0.2, 0.25) is 0 Å². The second kappa shape index (κ2) is 5.78. The Bertz CT molecular complexity index is 444. The minimum atomic E-state index is -0.528. The average molecular weight is 321 g/mol. The van der Waals surface area contributed by atoms with Crippen molar-refractivity contribution in [2.24, 2.45) is 23.2 Å². The van der Waals surface area contributed by atoms with Gasteiger partial charge in [-0.2, -0.15) is 0 Å². The Labute approximate surface area is 139 Å². The number of amides is 1. The van der Waals surface area contributed by atoms with Crippen LogP contribution in [-0.4, -0.2) is 36.0 Å². The van der Waals surface area contributed by atoms with Crippen LogP contribution in [0.3, 0.4) is 0 Å². The highest BCUT2D eigenvalue weighted by molar-refractivity contribution is 5.73. The maximum absolute atomic E-state index is 12.3.